The van der Waals surface area contributed by atoms with Crippen molar-refractivity contribution in [1.82, 2.24) is 4.98 Å². The van der Waals surface area contributed by atoms with Crippen LogP contribution in [0.5, 0.6) is 5.75 Å². The maximum absolute atomic E-state index is 8.12. The van der Waals surface area contributed by atoms with Crippen LogP contribution < -0.4 is 4.74 Å². The van der Waals surface area contributed by atoms with Crippen molar-refractivity contribution in [3.63, 3.8) is 0 Å². The van der Waals surface area contributed by atoms with E-state index in [1.54, 1.807) is 6.20 Å². The third kappa shape index (κ3) is 5.68. The van der Waals surface area contributed by atoms with Crippen LogP contribution >= 0.6 is 0 Å². The quantitative estimate of drug-likeness (QED) is 0.478. The zero-order valence-electron chi connectivity index (χ0n) is 18.2. The number of benzene rings is 2. The first kappa shape index (κ1) is 22.5. The van der Waals surface area contributed by atoms with Crippen molar-refractivity contribution in [3.8, 4) is 5.75 Å². The van der Waals surface area contributed by atoms with Crippen molar-refractivity contribution in [1.29, 1.82) is 0 Å². The molecule has 0 radical (unpaired) electrons. The van der Waals surface area contributed by atoms with E-state index in [0.29, 0.717) is 17.9 Å². The second kappa shape index (κ2) is 10.7. The number of aromatic nitrogens is 1. The molecule has 0 bridgehead atoms. The summed E-state index contributed by atoms with van der Waals surface area (Å²) < 4.78 is 5.93. The lowest BCUT2D eigenvalue weighted by Gasteiger charge is -2.46. The van der Waals surface area contributed by atoms with E-state index in [1.807, 2.05) is 18.2 Å². The van der Waals surface area contributed by atoms with E-state index >= 15 is 0 Å². The van der Waals surface area contributed by atoms with E-state index in [1.165, 1.54) is 36.0 Å². The molecule has 1 heterocycles. The Kier molecular flexibility index (Phi) is 7.75. The summed E-state index contributed by atoms with van der Waals surface area (Å²) in [6.45, 7) is 5.16. The minimum Gasteiger partial charge on any atom is -0.487 e. The largest absolute Gasteiger partial charge is 0.487 e. The molecule has 1 aromatic heterocycles. The molecule has 1 saturated carbocycles. The molecule has 4 nitrogen and oxygen atoms in total. The van der Waals surface area contributed by atoms with E-state index in [2.05, 4.69) is 67.4 Å². The van der Waals surface area contributed by atoms with Gasteiger partial charge in [0, 0.05) is 12.1 Å². The maximum Gasteiger partial charge on any atom is 0.373 e. The first-order valence-electron chi connectivity index (χ1n) is 10.8. The molecular weight excluding hydrogens is 386 g/mol. The van der Waals surface area contributed by atoms with Crippen LogP contribution in [0.1, 0.15) is 61.4 Å². The van der Waals surface area contributed by atoms with E-state index < -0.39 is 0 Å². The smallest absolute Gasteiger partial charge is 0.373 e. The number of hydrogen-bond acceptors (Lipinski definition) is 4. The highest BCUT2D eigenvalue weighted by atomic mass is 16.5. The average molecular weight is 416 g/mol. The lowest BCUT2D eigenvalue weighted by atomic mass is 9.59. The van der Waals surface area contributed by atoms with Crippen LogP contribution in [0.2, 0.25) is 0 Å². The fourth-order valence-electron chi connectivity index (χ4n) is 4.36. The minimum absolute atomic E-state index is 0.250. The lowest BCUT2D eigenvalue weighted by Crippen LogP contribution is -2.33. The van der Waals surface area contributed by atoms with Crippen LogP contribution in [0, 0.1) is 5.41 Å². The van der Waals surface area contributed by atoms with E-state index in [-0.39, 0.29) is 6.15 Å². The van der Waals surface area contributed by atoms with E-state index in [9.17, 15) is 0 Å². The van der Waals surface area contributed by atoms with Crippen molar-refractivity contribution >= 4 is 6.15 Å². The van der Waals surface area contributed by atoms with Crippen LogP contribution in [-0.4, -0.2) is 11.1 Å². The number of hydrogen-bond donors (Lipinski definition) is 0. The van der Waals surface area contributed by atoms with Gasteiger partial charge in [-0.05, 0) is 65.6 Å². The monoisotopic (exact) mass is 415 g/mol. The molecule has 3 aromatic rings. The molecule has 4 heteroatoms. The summed E-state index contributed by atoms with van der Waals surface area (Å²) >= 11 is 0. The van der Waals surface area contributed by atoms with Gasteiger partial charge in [-0.1, -0.05) is 62.7 Å². The average Bonchev–Trinajstić information content (AvgIpc) is 2.79. The third-order valence-corrected chi connectivity index (χ3v) is 6.24. The molecule has 0 amide bonds. The molecule has 1 aliphatic rings. The van der Waals surface area contributed by atoms with Crippen LogP contribution in [-0.2, 0) is 22.6 Å². The Morgan fingerprint density at radius 1 is 0.968 bits per heavy atom. The highest BCUT2D eigenvalue weighted by Crippen LogP contribution is 2.53. The highest BCUT2D eigenvalue weighted by Gasteiger charge is 2.41. The van der Waals surface area contributed by atoms with Gasteiger partial charge >= 0.3 is 6.15 Å². The van der Waals surface area contributed by atoms with Crippen molar-refractivity contribution in [2.45, 2.75) is 52.1 Å². The number of aryl methyl sites for hydroxylation is 1. The summed E-state index contributed by atoms with van der Waals surface area (Å²) in [6, 6.07) is 23.8. The second-order valence-electron chi connectivity index (χ2n) is 8.30. The Balaban J connectivity index is 0.000000858. The summed E-state index contributed by atoms with van der Waals surface area (Å²) in [7, 11) is 0. The zero-order valence-corrected chi connectivity index (χ0v) is 18.2. The number of nitrogens with zero attached hydrogens (tertiary/aromatic N) is 1. The van der Waals surface area contributed by atoms with Crippen LogP contribution in [0.4, 0.5) is 0 Å². The Labute approximate surface area is 184 Å². The first-order valence-corrected chi connectivity index (χ1v) is 10.8. The number of pyridine rings is 1. The Hall–Kier alpha value is -3.23. The van der Waals surface area contributed by atoms with Gasteiger partial charge < -0.3 is 4.74 Å². The molecule has 31 heavy (non-hydrogen) atoms. The zero-order chi connectivity index (χ0) is 22.1. The fraction of sp³-hybridized carbons (Fsp3) is 0.333. The third-order valence-electron chi connectivity index (χ3n) is 6.24. The molecule has 1 fully saturated rings. The van der Waals surface area contributed by atoms with Gasteiger partial charge in [-0.25, -0.2) is 0 Å². The van der Waals surface area contributed by atoms with Gasteiger partial charge in [-0.15, -0.1) is 0 Å². The first-order chi connectivity index (χ1) is 15.1. The van der Waals surface area contributed by atoms with Crippen molar-refractivity contribution < 1.29 is 14.3 Å². The number of rotatable bonds is 7. The molecule has 0 spiro atoms. The fourth-order valence-corrected chi connectivity index (χ4v) is 4.36. The molecule has 0 N–H and O–H groups in total. The van der Waals surface area contributed by atoms with Gasteiger partial charge in [0.1, 0.15) is 12.4 Å². The number of carbonyl (C=O) groups excluding carboxylic acids is 2. The van der Waals surface area contributed by atoms with Crippen molar-refractivity contribution in [2.75, 3.05) is 0 Å². The van der Waals surface area contributed by atoms with Gasteiger partial charge in [0.05, 0.1) is 5.69 Å². The molecule has 2 aromatic carbocycles. The molecule has 1 unspecified atom stereocenters. The van der Waals surface area contributed by atoms with Gasteiger partial charge in [0.2, 0.25) is 0 Å². The lowest BCUT2D eigenvalue weighted by molar-refractivity contribution is -0.191. The topological polar surface area (TPSA) is 56.3 Å². The van der Waals surface area contributed by atoms with Gasteiger partial charge in [0.25, 0.3) is 0 Å². The van der Waals surface area contributed by atoms with Crippen LogP contribution in [0.3, 0.4) is 0 Å². The van der Waals surface area contributed by atoms with Crippen LogP contribution in [0.15, 0.2) is 72.9 Å². The van der Waals surface area contributed by atoms with Gasteiger partial charge in [-0.2, -0.15) is 9.59 Å². The summed E-state index contributed by atoms with van der Waals surface area (Å²) in [5, 5.41) is 0. The molecule has 160 valence electrons. The van der Waals surface area contributed by atoms with Gasteiger partial charge in [-0.3, -0.25) is 4.98 Å². The summed E-state index contributed by atoms with van der Waals surface area (Å²) in [4.78, 5) is 20.6. The van der Waals surface area contributed by atoms with E-state index in [0.717, 1.165) is 17.9 Å². The van der Waals surface area contributed by atoms with Crippen LogP contribution in [0.25, 0.3) is 0 Å². The second-order valence-corrected chi connectivity index (χ2v) is 8.30. The molecule has 4 rings (SSSR count). The molecule has 0 saturated heterocycles. The predicted molar refractivity (Wildman–Crippen MR) is 120 cm³/mol. The standard InChI is InChI=1S/C26H29NO.CO2/c1-3-20-8-10-21(11-9-20)25(26(2)16-6-17-26)22-12-14-24(15-13-22)28-19-23-7-4-5-18-27-23;2-1-3/h4-5,7-15,18,25H,3,6,16-17,19H2,1-2H3;. The normalized spacial score (nSPS) is 14.9. The Morgan fingerprint density at radius 3 is 2.06 bits per heavy atom. The minimum atomic E-state index is 0.250. The SMILES string of the molecule is CCc1ccc(C(c2ccc(OCc3ccccn3)cc2)C2(C)CCC2)cc1.O=C=O. The Bertz CT molecular complexity index is 971. The van der Waals surface area contributed by atoms with E-state index in [4.69, 9.17) is 14.3 Å². The summed E-state index contributed by atoms with van der Waals surface area (Å²) in [6.07, 6.45) is 7.07. The summed E-state index contributed by atoms with van der Waals surface area (Å²) in [5.41, 5.74) is 5.52. The Morgan fingerprint density at radius 2 is 1.58 bits per heavy atom. The molecule has 1 aliphatic carbocycles. The summed E-state index contributed by atoms with van der Waals surface area (Å²) in [5.74, 6) is 1.34. The van der Waals surface area contributed by atoms with Crippen molar-refractivity contribution in [3.05, 3.63) is 95.3 Å². The molecule has 1 atom stereocenters. The molecule has 0 aliphatic heterocycles. The molecular formula is C27H29NO3. The highest BCUT2D eigenvalue weighted by molar-refractivity contribution is 5.39. The van der Waals surface area contributed by atoms with Crippen molar-refractivity contribution in [2.24, 2.45) is 5.41 Å². The predicted octanol–water partition coefficient (Wildman–Crippen LogP) is 5.96. The van der Waals surface area contributed by atoms with Gasteiger partial charge in [0.15, 0.2) is 0 Å². The maximum atomic E-state index is 8.12. The number of ether oxygens (including phenoxy) is 1.